The maximum Gasteiger partial charge on any atom is 0.267 e. The quantitative estimate of drug-likeness (QED) is 0.504. The molecule has 2 aliphatic heterocycles. The predicted molar refractivity (Wildman–Crippen MR) is 129 cm³/mol. The average molecular weight is 459 g/mol. The normalized spacial score (nSPS) is 19.3. The van der Waals surface area contributed by atoms with Crippen LogP contribution >= 0.6 is 24.0 Å². The molecular weight excluding hydrogens is 432 g/mol. The molecule has 0 spiro atoms. The standard InChI is InChI=1S/C22H26N4O3S2/c1-14-6-9-24(10-7-14)19-16(20(27)25-8-4-5-15(2)18(25)23-19)13-17-21(28)26(11-12-29-3)22(30)31-17/h4-5,8,13-14H,6-7,9-12H2,1-3H3/b17-13+. The Morgan fingerprint density at radius 1 is 1.32 bits per heavy atom. The monoisotopic (exact) mass is 458 g/mol. The minimum Gasteiger partial charge on any atom is -0.383 e. The van der Waals surface area contributed by atoms with Crippen LogP contribution in [0, 0.1) is 12.8 Å². The molecule has 2 aliphatic rings. The number of methoxy groups -OCH3 is 1. The van der Waals surface area contributed by atoms with Crippen molar-refractivity contribution in [2.45, 2.75) is 26.7 Å². The lowest BCUT2D eigenvalue weighted by Gasteiger charge is -2.32. The van der Waals surface area contributed by atoms with Crippen molar-refractivity contribution in [3.8, 4) is 0 Å². The largest absolute Gasteiger partial charge is 0.383 e. The number of thioether (sulfide) groups is 1. The minimum absolute atomic E-state index is 0.176. The van der Waals surface area contributed by atoms with E-state index in [0.29, 0.717) is 45.3 Å². The van der Waals surface area contributed by atoms with Crippen LogP contribution in [0.5, 0.6) is 0 Å². The van der Waals surface area contributed by atoms with Gasteiger partial charge in [0.05, 0.1) is 23.6 Å². The molecule has 31 heavy (non-hydrogen) atoms. The number of fused-ring (bicyclic) bond motifs is 1. The molecule has 0 aromatic carbocycles. The number of hydrogen-bond donors (Lipinski definition) is 0. The summed E-state index contributed by atoms with van der Waals surface area (Å²) in [5, 5.41) is 0. The van der Waals surface area contributed by atoms with Crippen molar-refractivity contribution in [3.05, 3.63) is 44.7 Å². The van der Waals surface area contributed by atoms with Crippen LogP contribution in [0.3, 0.4) is 0 Å². The van der Waals surface area contributed by atoms with Crippen LogP contribution in [0.25, 0.3) is 11.7 Å². The van der Waals surface area contributed by atoms with E-state index in [1.807, 2.05) is 19.1 Å². The highest BCUT2D eigenvalue weighted by Crippen LogP contribution is 2.34. The van der Waals surface area contributed by atoms with Gasteiger partial charge in [0.15, 0.2) is 0 Å². The molecule has 0 N–H and O–H groups in total. The van der Waals surface area contributed by atoms with Gasteiger partial charge in [-0.25, -0.2) is 4.98 Å². The lowest BCUT2D eigenvalue weighted by atomic mass is 9.99. The molecule has 4 rings (SSSR count). The average Bonchev–Trinajstić information content (AvgIpc) is 3.02. The highest BCUT2D eigenvalue weighted by atomic mass is 32.2. The summed E-state index contributed by atoms with van der Waals surface area (Å²) >= 11 is 6.60. The van der Waals surface area contributed by atoms with Gasteiger partial charge in [-0.05, 0) is 43.4 Å². The maximum absolute atomic E-state index is 13.5. The Morgan fingerprint density at radius 3 is 2.77 bits per heavy atom. The molecule has 164 valence electrons. The van der Waals surface area contributed by atoms with Crippen molar-refractivity contribution in [3.63, 3.8) is 0 Å². The van der Waals surface area contributed by atoms with Gasteiger partial charge in [-0.2, -0.15) is 0 Å². The van der Waals surface area contributed by atoms with Gasteiger partial charge in [0.1, 0.15) is 15.8 Å². The lowest BCUT2D eigenvalue weighted by molar-refractivity contribution is -0.122. The Labute approximate surface area is 191 Å². The lowest BCUT2D eigenvalue weighted by Crippen LogP contribution is -2.36. The van der Waals surface area contributed by atoms with Crippen molar-refractivity contribution in [1.82, 2.24) is 14.3 Å². The summed E-state index contributed by atoms with van der Waals surface area (Å²) in [6.07, 6.45) is 5.49. The number of carbonyl (C=O) groups excluding carboxylic acids is 1. The predicted octanol–water partition coefficient (Wildman–Crippen LogP) is 3.09. The summed E-state index contributed by atoms with van der Waals surface area (Å²) < 4.78 is 7.12. The fraction of sp³-hybridized carbons (Fsp3) is 0.455. The van der Waals surface area contributed by atoms with Crippen molar-refractivity contribution in [2.75, 3.05) is 38.3 Å². The number of aromatic nitrogens is 2. The minimum atomic E-state index is -0.195. The molecule has 0 unspecified atom stereocenters. The molecule has 7 nitrogen and oxygen atoms in total. The van der Waals surface area contributed by atoms with Crippen molar-refractivity contribution in [1.29, 1.82) is 0 Å². The summed E-state index contributed by atoms with van der Waals surface area (Å²) in [5.41, 5.74) is 1.84. The molecular formula is C22H26N4O3S2. The maximum atomic E-state index is 13.5. The number of nitrogens with zero attached hydrogens (tertiary/aromatic N) is 4. The summed E-state index contributed by atoms with van der Waals surface area (Å²) in [6, 6.07) is 3.78. The number of anilines is 1. The van der Waals surface area contributed by atoms with Crippen molar-refractivity contribution < 1.29 is 9.53 Å². The van der Waals surface area contributed by atoms with Crippen LogP contribution < -0.4 is 10.5 Å². The zero-order chi connectivity index (χ0) is 22.1. The first-order valence-corrected chi connectivity index (χ1v) is 11.6. The second kappa shape index (κ2) is 9.10. The van der Waals surface area contributed by atoms with Gasteiger partial charge < -0.3 is 9.64 Å². The highest BCUT2D eigenvalue weighted by molar-refractivity contribution is 8.26. The molecule has 0 atom stereocenters. The number of hydrogen-bond acceptors (Lipinski definition) is 7. The Kier molecular flexibility index (Phi) is 6.45. The first-order valence-electron chi connectivity index (χ1n) is 10.4. The van der Waals surface area contributed by atoms with Crippen LogP contribution in [0.2, 0.25) is 0 Å². The van der Waals surface area contributed by atoms with E-state index in [1.165, 1.54) is 16.7 Å². The molecule has 0 radical (unpaired) electrons. The third kappa shape index (κ3) is 4.26. The molecule has 0 aliphatic carbocycles. The smallest absolute Gasteiger partial charge is 0.267 e. The SMILES string of the molecule is COCCN1C(=O)/C(=C\c2c(N3CCC(C)CC3)nc3c(C)cccn3c2=O)SC1=S. The number of amides is 1. The zero-order valence-corrected chi connectivity index (χ0v) is 19.6. The van der Waals surface area contributed by atoms with Crippen molar-refractivity contribution >= 4 is 51.7 Å². The molecule has 2 saturated heterocycles. The first kappa shape index (κ1) is 22.0. The number of piperidine rings is 1. The second-order valence-electron chi connectivity index (χ2n) is 8.03. The third-order valence-corrected chi connectivity index (χ3v) is 7.19. The fourth-order valence-corrected chi connectivity index (χ4v) is 5.18. The van der Waals surface area contributed by atoms with E-state index in [4.69, 9.17) is 21.9 Å². The number of thiocarbonyl (C=S) groups is 1. The van der Waals surface area contributed by atoms with E-state index < -0.39 is 0 Å². The molecule has 2 aromatic heterocycles. The molecule has 9 heteroatoms. The first-order chi connectivity index (χ1) is 14.9. The Morgan fingerprint density at radius 2 is 2.06 bits per heavy atom. The molecule has 2 fully saturated rings. The molecule has 4 heterocycles. The van der Waals surface area contributed by atoms with Gasteiger partial charge in [-0.1, -0.05) is 37.0 Å². The third-order valence-electron chi connectivity index (χ3n) is 5.82. The van der Waals surface area contributed by atoms with E-state index in [1.54, 1.807) is 23.8 Å². The van der Waals surface area contributed by atoms with Gasteiger partial charge >= 0.3 is 0 Å². The Hall–Kier alpha value is -2.23. The topological polar surface area (TPSA) is 67.2 Å². The van der Waals surface area contributed by atoms with E-state index in [9.17, 15) is 9.59 Å². The molecule has 2 aromatic rings. The highest BCUT2D eigenvalue weighted by Gasteiger charge is 2.33. The summed E-state index contributed by atoms with van der Waals surface area (Å²) in [7, 11) is 1.59. The summed E-state index contributed by atoms with van der Waals surface area (Å²) in [6.45, 7) is 6.66. The number of ether oxygens (including phenoxy) is 1. The number of carbonyl (C=O) groups is 1. The van der Waals surface area contributed by atoms with Gasteiger partial charge in [0, 0.05) is 26.4 Å². The Bertz CT molecular complexity index is 1120. The number of rotatable bonds is 5. The molecule has 0 bridgehead atoms. The van der Waals surface area contributed by atoms with Crippen molar-refractivity contribution in [2.24, 2.45) is 5.92 Å². The zero-order valence-electron chi connectivity index (χ0n) is 18.0. The van der Waals surface area contributed by atoms with Gasteiger partial charge in [0.2, 0.25) is 0 Å². The van der Waals surface area contributed by atoms with Crippen LogP contribution in [0.15, 0.2) is 28.0 Å². The van der Waals surface area contributed by atoms with E-state index >= 15 is 0 Å². The van der Waals surface area contributed by atoms with Crippen LogP contribution in [0.4, 0.5) is 5.82 Å². The summed E-state index contributed by atoms with van der Waals surface area (Å²) in [5.74, 6) is 1.10. The Balaban J connectivity index is 1.83. The number of aryl methyl sites for hydroxylation is 1. The summed E-state index contributed by atoms with van der Waals surface area (Å²) in [4.78, 5) is 35.5. The van der Waals surface area contributed by atoms with E-state index in [-0.39, 0.29) is 11.5 Å². The fourth-order valence-electron chi connectivity index (χ4n) is 3.89. The van der Waals surface area contributed by atoms with E-state index in [0.717, 1.165) is 31.5 Å². The van der Waals surface area contributed by atoms with Gasteiger partial charge in [0.25, 0.3) is 11.5 Å². The van der Waals surface area contributed by atoms with Gasteiger partial charge in [-0.15, -0.1) is 0 Å². The van der Waals surface area contributed by atoms with Crippen LogP contribution in [-0.4, -0.2) is 57.9 Å². The van der Waals surface area contributed by atoms with Gasteiger partial charge in [-0.3, -0.25) is 18.9 Å². The molecule has 0 saturated carbocycles. The van der Waals surface area contributed by atoms with E-state index in [2.05, 4.69) is 11.8 Å². The second-order valence-corrected chi connectivity index (χ2v) is 9.71. The molecule has 1 amide bonds. The van der Waals surface area contributed by atoms with Crippen LogP contribution in [-0.2, 0) is 9.53 Å². The number of pyridine rings is 1. The van der Waals surface area contributed by atoms with Crippen LogP contribution in [0.1, 0.15) is 30.9 Å².